The summed E-state index contributed by atoms with van der Waals surface area (Å²) in [6.45, 7) is 0. The Morgan fingerprint density at radius 3 is 1.08 bits per heavy atom. The van der Waals surface area contributed by atoms with E-state index in [9.17, 15) is 9.59 Å². The first kappa shape index (κ1) is 22.9. The van der Waals surface area contributed by atoms with Gasteiger partial charge in [-0.2, -0.15) is 0 Å². The van der Waals surface area contributed by atoms with Crippen LogP contribution in [0.2, 0.25) is 0 Å². The summed E-state index contributed by atoms with van der Waals surface area (Å²) in [5, 5.41) is 7.37. The molecule has 36 heavy (non-hydrogen) atoms. The van der Waals surface area contributed by atoms with Crippen molar-refractivity contribution >= 4 is 11.8 Å². The Balaban J connectivity index is 1.02. The number of hydrogen-bond donors (Lipinski definition) is 2. The van der Waals surface area contributed by atoms with Crippen molar-refractivity contribution in [1.82, 2.24) is 10.6 Å². The van der Waals surface area contributed by atoms with E-state index in [-0.39, 0.29) is 22.9 Å². The quantitative estimate of drug-likeness (QED) is 0.506. The molecule has 4 atom stereocenters. The van der Waals surface area contributed by atoms with Crippen molar-refractivity contribution in [3.63, 3.8) is 0 Å². The van der Waals surface area contributed by atoms with E-state index < -0.39 is 0 Å². The molecule has 0 aliphatic heterocycles. The maximum Gasteiger partial charge on any atom is 0.226 e. The zero-order valence-electron chi connectivity index (χ0n) is 22.3. The molecule has 0 radical (unpaired) electrons. The number of carbonyl (C=O) groups is 2. The van der Waals surface area contributed by atoms with Crippen LogP contribution in [0.25, 0.3) is 0 Å². The largest absolute Gasteiger partial charge is 0.351 e. The number of amides is 2. The van der Waals surface area contributed by atoms with Gasteiger partial charge in [-0.3, -0.25) is 9.59 Å². The van der Waals surface area contributed by atoms with Crippen LogP contribution in [-0.2, 0) is 9.59 Å². The molecule has 4 nitrogen and oxygen atoms in total. The summed E-state index contributed by atoms with van der Waals surface area (Å²) in [4.78, 5) is 28.1. The molecular weight excluding hydrogens is 444 g/mol. The van der Waals surface area contributed by atoms with Gasteiger partial charge in [0.25, 0.3) is 0 Å². The van der Waals surface area contributed by atoms with Crippen molar-refractivity contribution in [3.8, 4) is 0 Å². The highest BCUT2D eigenvalue weighted by Gasteiger charge is 2.57. The number of fused-ring (bicyclic) bond motifs is 1. The van der Waals surface area contributed by atoms with Crippen molar-refractivity contribution in [3.05, 3.63) is 0 Å². The molecule has 198 valence electrons. The van der Waals surface area contributed by atoms with Crippen LogP contribution < -0.4 is 10.6 Å². The lowest BCUT2D eigenvalue weighted by Crippen LogP contribution is -2.63. The Morgan fingerprint density at radius 2 is 0.778 bits per heavy atom. The van der Waals surface area contributed by atoms with Gasteiger partial charge in [0.2, 0.25) is 11.8 Å². The average molecular weight is 493 g/mol. The molecule has 0 saturated heterocycles. The predicted molar refractivity (Wildman–Crippen MR) is 140 cm³/mol. The molecule has 10 aliphatic carbocycles. The summed E-state index contributed by atoms with van der Waals surface area (Å²) < 4.78 is 0. The van der Waals surface area contributed by atoms with Crippen molar-refractivity contribution in [2.75, 3.05) is 0 Å². The third-order valence-electron chi connectivity index (χ3n) is 13.3. The molecule has 0 aromatic rings. The Kier molecular flexibility index (Phi) is 5.22. The second kappa shape index (κ2) is 8.22. The lowest BCUT2D eigenvalue weighted by Gasteiger charge is -2.57. The number of carbonyl (C=O) groups excluding carboxylic acids is 2. The van der Waals surface area contributed by atoms with Gasteiger partial charge in [-0.1, -0.05) is 25.7 Å². The first-order valence-corrected chi connectivity index (χ1v) is 16.1. The van der Waals surface area contributed by atoms with E-state index in [2.05, 4.69) is 10.6 Å². The average Bonchev–Trinajstić information content (AvgIpc) is 2.82. The number of hydrogen-bond acceptors (Lipinski definition) is 2. The van der Waals surface area contributed by atoms with Gasteiger partial charge < -0.3 is 10.6 Å². The molecular formula is C32H48N2O2. The van der Waals surface area contributed by atoms with E-state index in [1.807, 2.05) is 0 Å². The fraction of sp³-hybridized carbons (Fsp3) is 0.938. The molecule has 0 spiro atoms. The molecule has 8 bridgehead atoms. The minimum Gasteiger partial charge on any atom is -0.351 e. The van der Waals surface area contributed by atoms with Gasteiger partial charge in [-0.15, -0.1) is 0 Å². The third-order valence-corrected chi connectivity index (χ3v) is 13.3. The highest BCUT2D eigenvalue weighted by Crippen LogP contribution is 2.61. The van der Waals surface area contributed by atoms with E-state index in [1.165, 1.54) is 64.2 Å². The van der Waals surface area contributed by atoms with Crippen molar-refractivity contribution < 1.29 is 9.59 Å². The summed E-state index contributed by atoms with van der Waals surface area (Å²) in [7, 11) is 0. The van der Waals surface area contributed by atoms with Crippen LogP contribution in [0.15, 0.2) is 0 Å². The first-order chi connectivity index (χ1) is 17.5. The number of nitrogens with one attached hydrogen (secondary N) is 2. The third kappa shape index (κ3) is 3.65. The normalized spacial score (nSPS) is 54.2. The molecule has 0 aromatic heterocycles. The van der Waals surface area contributed by atoms with Crippen LogP contribution >= 0.6 is 0 Å². The second-order valence-corrected chi connectivity index (χ2v) is 15.8. The van der Waals surface area contributed by atoms with Gasteiger partial charge >= 0.3 is 0 Å². The minimum absolute atomic E-state index is 0.0906. The zero-order chi connectivity index (χ0) is 24.1. The molecule has 4 heteroatoms. The Labute approximate surface area is 217 Å². The molecule has 10 aliphatic rings. The fourth-order valence-corrected chi connectivity index (χ4v) is 12.6. The van der Waals surface area contributed by atoms with E-state index in [4.69, 9.17) is 0 Å². The van der Waals surface area contributed by atoms with E-state index >= 15 is 0 Å². The smallest absolute Gasteiger partial charge is 0.226 e. The van der Waals surface area contributed by atoms with Crippen molar-refractivity contribution in [2.45, 2.75) is 128 Å². The number of rotatable bonds is 4. The van der Waals surface area contributed by atoms with Crippen LogP contribution in [0, 0.1) is 58.2 Å². The van der Waals surface area contributed by atoms with Crippen LogP contribution in [-0.4, -0.2) is 23.9 Å². The van der Waals surface area contributed by atoms with E-state index in [0.717, 1.165) is 98.7 Å². The second-order valence-electron chi connectivity index (χ2n) is 15.8. The summed E-state index contributed by atoms with van der Waals surface area (Å²) in [6, 6.07) is 0.283. The monoisotopic (exact) mass is 492 g/mol. The van der Waals surface area contributed by atoms with Gasteiger partial charge in [0, 0.05) is 22.9 Å². The summed E-state index contributed by atoms with van der Waals surface area (Å²) in [6.07, 6.45) is 22.6. The highest BCUT2D eigenvalue weighted by molar-refractivity contribution is 5.85. The zero-order valence-corrected chi connectivity index (χ0v) is 22.3. The predicted octanol–water partition coefficient (Wildman–Crippen LogP) is 5.99. The Bertz CT molecular complexity index is 781. The van der Waals surface area contributed by atoms with Gasteiger partial charge in [0.05, 0.1) is 0 Å². The molecule has 10 saturated carbocycles. The first-order valence-electron chi connectivity index (χ1n) is 16.1. The van der Waals surface area contributed by atoms with E-state index in [0.29, 0.717) is 11.8 Å². The fourth-order valence-electron chi connectivity index (χ4n) is 12.6. The summed E-state index contributed by atoms with van der Waals surface area (Å²) >= 11 is 0. The molecule has 10 rings (SSSR count). The van der Waals surface area contributed by atoms with Crippen LogP contribution in [0.5, 0.6) is 0 Å². The maximum atomic E-state index is 14.1. The minimum atomic E-state index is -0.0906. The molecule has 2 N–H and O–H groups in total. The molecule has 0 heterocycles. The molecule has 0 aromatic carbocycles. The topological polar surface area (TPSA) is 58.2 Å². The van der Waals surface area contributed by atoms with Gasteiger partial charge in [0.1, 0.15) is 0 Å². The maximum absolute atomic E-state index is 14.1. The van der Waals surface area contributed by atoms with Crippen molar-refractivity contribution in [2.24, 2.45) is 58.2 Å². The van der Waals surface area contributed by atoms with Gasteiger partial charge in [-0.05, 0) is 137 Å². The van der Waals surface area contributed by atoms with Crippen LogP contribution in [0.3, 0.4) is 0 Å². The van der Waals surface area contributed by atoms with Gasteiger partial charge in [-0.25, -0.2) is 0 Å². The Morgan fingerprint density at radius 1 is 0.472 bits per heavy atom. The lowest BCUT2D eigenvalue weighted by atomic mass is 9.49. The highest BCUT2D eigenvalue weighted by atomic mass is 16.2. The molecule has 10 fully saturated rings. The van der Waals surface area contributed by atoms with Crippen LogP contribution in [0.1, 0.15) is 116 Å². The van der Waals surface area contributed by atoms with E-state index in [1.54, 1.807) is 0 Å². The molecule has 2 amide bonds. The lowest BCUT2D eigenvalue weighted by molar-refractivity contribution is -0.150. The van der Waals surface area contributed by atoms with Gasteiger partial charge in [0.15, 0.2) is 0 Å². The molecule has 4 unspecified atom stereocenters. The Hall–Kier alpha value is -1.06. The van der Waals surface area contributed by atoms with Crippen molar-refractivity contribution in [1.29, 1.82) is 0 Å². The standard InChI is InChI=1S/C32H48N2O2/c35-29(31-13-19-5-20(14-31)7-21(6-19)15-31)33-27-11-25-3-1-2-4-26(25)12-28(27)34-30(36)32-16-22-8-23(17-32)10-24(9-22)18-32/h19-28H,1-18H2,(H,33,35)(H,34,36). The summed E-state index contributed by atoms with van der Waals surface area (Å²) in [5.41, 5.74) is -0.181. The SMILES string of the molecule is O=C(NC1CC2CCCCC2CC1NC(=O)C12CC3CC(CC(C3)C1)C2)C12CC3CC(CC(C3)C1)C2. The summed E-state index contributed by atoms with van der Waals surface area (Å²) in [5.74, 6) is 6.99. The van der Waals surface area contributed by atoms with Crippen LogP contribution in [0.4, 0.5) is 0 Å².